The summed E-state index contributed by atoms with van der Waals surface area (Å²) in [7, 11) is 3.39. The number of methoxy groups -OCH3 is 1. The molecule has 0 amide bonds. The Labute approximate surface area is 108 Å². The van der Waals surface area contributed by atoms with Gasteiger partial charge in [0.15, 0.2) is 0 Å². The van der Waals surface area contributed by atoms with E-state index in [1.54, 1.807) is 0 Å². The van der Waals surface area contributed by atoms with Crippen LogP contribution in [-0.2, 0) is 23.0 Å². The van der Waals surface area contributed by atoms with E-state index in [2.05, 4.69) is 10.00 Å². The van der Waals surface area contributed by atoms with Gasteiger partial charge in [0.25, 0.3) is 0 Å². The molecular formula is C13H21N3O2. The van der Waals surface area contributed by atoms with E-state index in [1.165, 1.54) is 19.1 Å². The summed E-state index contributed by atoms with van der Waals surface area (Å²) in [6.07, 6.45) is 8.04. The molecule has 0 N–H and O–H groups in total. The van der Waals surface area contributed by atoms with Crippen LogP contribution in [0.1, 0.15) is 24.8 Å². The Hall–Kier alpha value is -1.36. The highest BCUT2D eigenvalue weighted by Gasteiger charge is 2.28. The van der Waals surface area contributed by atoms with Gasteiger partial charge in [-0.1, -0.05) is 6.42 Å². The molecule has 0 radical (unpaired) electrons. The first-order valence-corrected chi connectivity index (χ1v) is 6.50. The Morgan fingerprint density at radius 3 is 3.06 bits per heavy atom. The van der Waals surface area contributed by atoms with E-state index < -0.39 is 0 Å². The maximum atomic E-state index is 11.7. The number of rotatable bonds is 4. The van der Waals surface area contributed by atoms with Crippen LogP contribution < -0.4 is 0 Å². The highest BCUT2D eigenvalue weighted by molar-refractivity contribution is 5.75. The smallest absolute Gasteiger partial charge is 0.323 e. The van der Waals surface area contributed by atoms with Crippen molar-refractivity contribution < 1.29 is 9.53 Å². The molecule has 2 heterocycles. The second kappa shape index (κ2) is 6.00. The molecule has 1 atom stereocenters. The fraction of sp³-hybridized carbons (Fsp3) is 0.692. The fourth-order valence-electron chi connectivity index (χ4n) is 2.54. The van der Waals surface area contributed by atoms with Crippen LogP contribution in [0.15, 0.2) is 12.4 Å². The van der Waals surface area contributed by atoms with Gasteiger partial charge in [-0.15, -0.1) is 0 Å². The number of carbonyl (C=O) groups excluding carboxylic acids is 1. The number of aryl methyl sites for hydroxylation is 1. The predicted octanol–water partition coefficient (Wildman–Crippen LogP) is 0.990. The van der Waals surface area contributed by atoms with Crippen molar-refractivity contribution in [3.05, 3.63) is 18.0 Å². The molecule has 0 unspecified atom stereocenters. The van der Waals surface area contributed by atoms with E-state index >= 15 is 0 Å². The standard InChI is InChI=1S/C13H21N3O2/c1-15-10-11(9-14-15)6-8-16-7-4-3-5-12(16)13(17)18-2/h9-10,12H,3-8H2,1-2H3/t12-/m1/s1. The Morgan fingerprint density at radius 1 is 1.56 bits per heavy atom. The second-order valence-corrected chi connectivity index (χ2v) is 4.84. The molecule has 1 saturated heterocycles. The molecular weight excluding hydrogens is 230 g/mol. The summed E-state index contributed by atoms with van der Waals surface area (Å²) >= 11 is 0. The quantitative estimate of drug-likeness (QED) is 0.749. The first kappa shape index (κ1) is 13.1. The molecule has 0 bridgehead atoms. The molecule has 1 aromatic rings. The molecule has 0 aliphatic carbocycles. The SMILES string of the molecule is COC(=O)[C@H]1CCCCN1CCc1cnn(C)c1. The average Bonchev–Trinajstić information content (AvgIpc) is 2.81. The van der Waals surface area contributed by atoms with E-state index in [1.807, 2.05) is 24.1 Å². The van der Waals surface area contributed by atoms with Crippen molar-refractivity contribution in [2.45, 2.75) is 31.7 Å². The van der Waals surface area contributed by atoms with Gasteiger partial charge in [0, 0.05) is 19.8 Å². The van der Waals surface area contributed by atoms with Crippen LogP contribution in [0.5, 0.6) is 0 Å². The number of carbonyl (C=O) groups is 1. The van der Waals surface area contributed by atoms with Crippen LogP contribution >= 0.6 is 0 Å². The molecule has 2 rings (SSSR count). The molecule has 1 fully saturated rings. The minimum Gasteiger partial charge on any atom is -0.468 e. The Balaban J connectivity index is 1.91. The van der Waals surface area contributed by atoms with Crippen molar-refractivity contribution in [3.8, 4) is 0 Å². The van der Waals surface area contributed by atoms with Crippen LogP contribution in [0, 0.1) is 0 Å². The van der Waals surface area contributed by atoms with Crippen molar-refractivity contribution in [2.24, 2.45) is 7.05 Å². The topological polar surface area (TPSA) is 47.4 Å². The third-order valence-corrected chi connectivity index (χ3v) is 3.53. The van der Waals surface area contributed by atoms with Gasteiger partial charge in [0.1, 0.15) is 6.04 Å². The number of aromatic nitrogens is 2. The van der Waals surface area contributed by atoms with Crippen molar-refractivity contribution in [3.63, 3.8) is 0 Å². The van der Waals surface area contributed by atoms with E-state index in [-0.39, 0.29) is 12.0 Å². The predicted molar refractivity (Wildman–Crippen MR) is 68.1 cm³/mol. The van der Waals surface area contributed by atoms with Gasteiger partial charge in [0.05, 0.1) is 13.3 Å². The first-order chi connectivity index (χ1) is 8.70. The van der Waals surface area contributed by atoms with Gasteiger partial charge < -0.3 is 4.74 Å². The maximum absolute atomic E-state index is 11.7. The zero-order valence-corrected chi connectivity index (χ0v) is 11.1. The van der Waals surface area contributed by atoms with Crippen LogP contribution in [0.3, 0.4) is 0 Å². The van der Waals surface area contributed by atoms with Gasteiger partial charge >= 0.3 is 5.97 Å². The van der Waals surface area contributed by atoms with Crippen LogP contribution in [0.2, 0.25) is 0 Å². The molecule has 0 spiro atoms. The van der Waals surface area contributed by atoms with Crippen LogP contribution in [0.4, 0.5) is 0 Å². The van der Waals surface area contributed by atoms with Gasteiger partial charge in [-0.3, -0.25) is 14.4 Å². The lowest BCUT2D eigenvalue weighted by molar-refractivity contribution is -0.148. The van der Waals surface area contributed by atoms with Crippen LogP contribution in [0.25, 0.3) is 0 Å². The summed E-state index contributed by atoms with van der Waals surface area (Å²) < 4.78 is 6.69. The molecule has 100 valence electrons. The number of ether oxygens (including phenoxy) is 1. The molecule has 1 aromatic heterocycles. The number of likely N-dealkylation sites (tertiary alicyclic amines) is 1. The third kappa shape index (κ3) is 3.10. The van der Waals surface area contributed by atoms with E-state index in [0.29, 0.717) is 0 Å². The molecule has 1 aliphatic heterocycles. The highest BCUT2D eigenvalue weighted by atomic mass is 16.5. The summed E-state index contributed by atoms with van der Waals surface area (Å²) in [4.78, 5) is 14.0. The minimum absolute atomic E-state index is 0.0552. The molecule has 5 nitrogen and oxygen atoms in total. The molecule has 5 heteroatoms. The summed E-state index contributed by atoms with van der Waals surface area (Å²) in [5.74, 6) is -0.0964. The van der Waals surface area contributed by atoms with Crippen LogP contribution in [-0.4, -0.2) is 46.9 Å². The lowest BCUT2D eigenvalue weighted by Gasteiger charge is -2.33. The average molecular weight is 251 g/mol. The summed E-state index contributed by atoms with van der Waals surface area (Å²) in [6.45, 7) is 1.88. The number of hydrogen-bond acceptors (Lipinski definition) is 4. The van der Waals surface area contributed by atoms with Gasteiger partial charge in [0.2, 0.25) is 0 Å². The lowest BCUT2D eigenvalue weighted by atomic mass is 10.0. The lowest BCUT2D eigenvalue weighted by Crippen LogP contribution is -2.46. The summed E-state index contributed by atoms with van der Waals surface area (Å²) in [5.41, 5.74) is 1.21. The number of esters is 1. The maximum Gasteiger partial charge on any atom is 0.323 e. The molecule has 0 saturated carbocycles. The summed E-state index contributed by atoms with van der Waals surface area (Å²) in [5, 5.41) is 4.16. The Bertz CT molecular complexity index is 403. The Kier molecular flexibility index (Phi) is 4.36. The second-order valence-electron chi connectivity index (χ2n) is 4.84. The molecule has 0 aromatic carbocycles. The van der Waals surface area contributed by atoms with Gasteiger partial charge in [-0.05, 0) is 31.4 Å². The minimum atomic E-state index is -0.0964. The molecule has 1 aliphatic rings. The molecule has 18 heavy (non-hydrogen) atoms. The number of piperidine rings is 1. The zero-order chi connectivity index (χ0) is 13.0. The first-order valence-electron chi connectivity index (χ1n) is 6.50. The normalized spacial score (nSPS) is 20.9. The van der Waals surface area contributed by atoms with Crippen molar-refractivity contribution in [1.29, 1.82) is 0 Å². The van der Waals surface area contributed by atoms with Gasteiger partial charge in [-0.2, -0.15) is 5.10 Å². The largest absolute Gasteiger partial charge is 0.468 e. The fourth-order valence-corrected chi connectivity index (χ4v) is 2.54. The number of nitrogens with zero attached hydrogens (tertiary/aromatic N) is 3. The summed E-state index contributed by atoms with van der Waals surface area (Å²) in [6, 6.07) is -0.0552. The zero-order valence-electron chi connectivity index (χ0n) is 11.1. The monoisotopic (exact) mass is 251 g/mol. The van der Waals surface area contributed by atoms with Gasteiger partial charge in [-0.25, -0.2) is 0 Å². The van der Waals surface area contributed by atoms with E-state index in [9.17, 15) is 4.79 Å². The van der Waals surface area contributed by atoms with Crippen molar-refractivity contribution >= 4 is 5.97 Å². The van der Waals surface area contributed by atoms with E-state index in [0.717, 1.165) is 32.4 Å². The highest BCUT2D eigenvalue weighted by Crippen LogP contribution is 2.18. The number of hydrogen-bond donors (Lipinski definition) is 0. The van der Waals surface area contributed by atoms with Crippen molar-refractivity contribution in [1.82, 2.24) is 14.7 Å². The van der Waals surface area contributed by atoms with E-state index in [4.69, 9.17) is 4.74 Å². The third-order valence-electron chi connectivity index (χ3n) is 3.53. The van der Waals surface area contributed by atoms with Crippen molar-refractivity contribution in [2.75, 3.05) is 20.2 Å². The Morgan fingerprint density at radius 2 is 2.39 bits per heavy atom.